The SMILES string of the molecule is COC(=O)[C@H](Oc1cc(C)cc2oc(=O)c3c(c12)CCCC3)c1ccccc1. The predicted molar refractivity (Wildman–Crippen MR) is 106 cm³/mol. The highest BCUT2D eigenvalue weighted by atomic mass is 16.6. The Bertz CT molecular complexity index is 1080. The smallest absolute Gasteiger partial charge is 0.351 e. The average Bonchev–Trinajstić information content (AvgIpc) is 2.71. The number of hydrogen-bond acceptors (Lipinski definition) is 5. The van der Waals surface area contributed by atoms with Crippen LogP contribution < -0.4 is 10.4 Å². The van der Waals surface area contributed by atoms with Gasteiger partial charge in [-0.25, -0.2) is 9.59 Å². The maximum Gasteiger partial charge on any atom is 0.351 e. The van der Waals surface area contributed by atoms with E-state index < -0.39 is 12.1 Å². The highest BCUT2D eigenvalue weighted by molar-refractivity contribution is 5.89. The minimum absolute atomic E-state index is 0.272. The van der Waals surface area contributed by atoms with Crippen LogP contribution >= 0.6 is 0 Å². The Hall–Kier alpha value is -3.08. The van der Waals surface area contributed by atoms with E-state index >= 15 is 0 Å². The van der Waals surface area contributed by atoms with Gasteiger partial charge in [0.1, 0.15) is 11.3 Å². The summed E-state index contributed by atoms with van der Waals surface area (Å²) in [4.78, 5) is 24.9. The van der Waals surface area contributed by atoms with Gasteiger partial charge in [0.25, 0.3) is 0 Å². The molecule has 0 saturated heterocycles. The zero-order valence-corrected chi connectivity index (χ0v) is 16.0. The normalized spacial score (nSPS) is 14.4. The quantitative estimate of drug-likeness (QED) is 0.501. The first kappa shape index (κ1) is 18.3. The number of carbonyl (C=O) groups excluding carboxylic acids is 1. The summed E-state index contributed by atoms with van der Waals surface area (Å²) in [6.07, 6.45) is 2.59. The third kappa shape index (κ3) is 3.28. The lowest BCUT2D eigenvalue weighted by atomic mass is 9.90. The van der Waals surface area contributed by atoms with Crippen LogP contribution in [0.1, 0.15) is 41.2 Å². The Kier molecular flexibility index (Phi) is 4.90. The zero-order valence-electron chi connectivity index (χ0n) is 16.0. The van der Waals surface area contributed by atoms with Gasteiger partial charge >= 0.3 is 11.6 Å². The van der Waals surface area contributed by atoms with Gasteiger partial charge in [-0.15, -0.1) is 0 Å². The molecule has 0 fully saturated rings. The third-order valence-corrected chi connectivity index (χ3v) is 5.19. The van der Waals surface area contributed by atoms with Crippen LogP contribution in [0.25, 0.3) is 11.0 Å². The standard InChI is InChI=1S/C23H22O5/c1-14-12-18(27-21(23(25)26-2)15-8-4-3-5-9-15)20-16-10-6-7-11-17(16)22(24)28-19(20)13-14/h3-5,8-9,12-13,21H,6-7,10-11H2,1-2H3/t21-/m1/s1. The highest BCUT2D eigenvalue weighted by Crippen LogP contribution is 2.36. The van der Waals surface area contributed by atoms with Crippen molar-refractivity contribution in [1.82, 2.24) is 0 Å². The minimum Gasteiger partial charge on any atom is -0.473 e. The Balaban J connectivity index is 1.90. The van der Waals surface area contributed by atoms with Gasteiger partial charge in [-0.2, -0.15) is 0 Å². The topological polar surface area (TPSA) is 65.7 Å². The van der Waals surface area contributed by atoms with E-state index in [2.05, 4.69) is 0 Å². The molecule has 5 heteroatoms. The van der Waals surface area contributed by atoms with Gasteiger partial charge in [-0.3, -0.25) is 0 Å². The fourth-order valence-electron chi connectivity index (χ4n) is 3.87. The number of carbonyl (C=O) groups is 1. The largest absolute Gasteiger partial charge is 0.473 e. The van der Waals surface area contributed by atoms with Crippen LogP contribution in [0.15, 0.2) is 51.7 Å². The van der Waals surface area contributed by atoms with Crippen molar-refractivity contribution in [2.75, 3.05) is 7.11 Å². The first-order valence-electron chi connectivity index (χ1n) is 9.47. The number of methoxy groups -OCH3 is 1. The summed E-state index contributed by atoms with van der Waals surface area (Å²) in [5.74, 6) is 0.0586. The van der Waals surface area contributed by atoms with Crippen LogP contribution in [0.2, 0.25) is 0 Å². The van der Waals surface area contributed by atoms with Crippen molar-refractivity contribution < 1.29 is 18.7 Å². The van der Waals surface area contributed by atoms with Gasteiger partial charge in [0.15, 0.2) is 0 Å². The van der Waals surface area contributed by atoms with Gasteiger partial charge in [0.05, 0.1) is 12.5 Å². The number of aryl methyl sites for hydroxylation is 2. The Morgan fingerprint density at radius 2 is 1.79 bits per heavy atom. The van der Waals surface area contributed by atoms with Crippen molar-refractivity contribution in [3.63, 3.8) is 0 Å². The average molecular weight is 378 g/mol. The Morgan fingerprint density at radius 1 is 1.07 bits per heavy atom. The second kappa shape index (κ2) is 7.50. The van der Waals surface area contributed by atoms with Crippen LogP contribution in [0.4, 0.5) is 0 Å². The molecule has 0 saturated carbocycles. The van der Waals surface area contributed by atoms with Crippen molar-refractivity contribution in [1.29, 1.82) is 0 Å². The van der Waals surface area contributed by atoms with Crippen LogP contribution in [-0.4, -0.2) is 13.1 Å². The van der Waals surface area contributed by atoms with E-state index in [9.17, 15) is 9.59 Å². The first-order chi connectivity index (χ1) is 13.6. The van der Waals surface area contributed by atoms with Gasteiger partial charge in [-0.05, 0) is 55.9 Å². The fraction of sp³-hybridized carbons (Fsp3) is 0.304. The van der Waals surface area contributed by atoms with Crippen LogP contribution in [0.3, 0.4) is 0 Å². The Labute approximate surface area is 162 Å². The molecule has 0 spiro atoms. The summed E-state index contributed by atoms with van der Waals surface area (Å²) in [5.41, 5.74) is 3.52. The predicted octanol–water partition coefficient (Wildman–Crippen LogP) is 4.27. The number of hydrogen-bond donors (Lipinski definition) is 0. The lowest BCUT2D eigenvalue weighted by Gasteiger charge is -2.22. The van der Waals surface area contributed by atoms with E-state index in [1.807, 2.05) is 49.4 Å². The lowest BCUT2D eigenvalue weighted by Crippen LogP contribution is -2.21. The molecule has 0 bridgehead atoms. The second-order valence-corrected chi connectivity index (χ2v) is 7.12. The molecular weight excluding hydrogens is 356 g/mol. The highest BCUT2D eigenvalue weighted by Gasteiger charge is 2.27. The molecule has 0 aliphatic heterocycles. The maximum absolute atomic E-state index is 12.5. The van der Waals surface area contributed by atoms with Crippen LogP contribution in [-0.2, 0) is 22.4 Å². The summed E-state index contributed by atoms with van der Waals surface area (Å²) in [6, 6.07) is 13.0. The molecule has 0 unspecified atom stereocenters. The lowest BCUT2D eigenvalue weighted by molar-refractivity contribution is -0.149. The molecular formula is C23H22O5. The van der Waals surface area contributed by atoms with Gasteiger partial charge in [-0.1, -0.05) is 30.3 Å². The molecule has 1 aliphatic rings. The number of fused-ring (bicyclic) bond motifs is 3. The van der Waals surface area contributed by atoms with Crippen molar-refractivity contribution in [3.05, 3.63) is 75.1 Å². The molecule has 5 nitrogen and oxygen atoms in total. The third-order valence-electron chi connectivity index (χ3n) is 5.19. The molecule has 1 heterocycles. The van der Waals surface area contributed by atoms with E-state index in [1.165, 1.54) is 7.11 Å². The summed E-state index contributed by atoms with van der Waals surface area (Å²) >= 11 is 0. The summed E-state index contributed by atoms with van der Waals surface area (Å²) in [5, 5.41) is 0.782. The first-order valence-corrected chi connectivity index (χ1v) is 9.47. The summed E-state index contributed by atoms with van der Waals surface area (Å²) in [7, 11) is 1.34. The fourth-order valence-corrected chi connectivity index (χ4v) is 3.87. The summed E-state index contributed by atoms with van der Waals surface area (Å²) < 4.78 is 16.8. The number of rotatable bonds is 4. The van der Waals surface area contributed by atoms with Gasteiger partial charge in [0.2, 0.25) is 6.10 Å². The number of ether oxygens (including phenoxy) is 2. The molecule has 0 N–H and O–H groups in total. The molecule has 1 aromatic heterocycles. The van der Waals surface area contributed by atoms with Gasteiger partial charge < -0.3 is 13.9 Å². The molecule has 0 amide bonds. The van der Waals surface area contributed by atoms with Crippen LogP contribution in [0, 0.1) is 6.92 Å². The molecule has 3 aromatic rings. The van der Waals surface area contributed by atoms with Crippen molar-refractivity contribution >= 4 is 16.9 Å². The molecule has 144 valence electrons. The monoisotopic (exact) mass is 378 g/mol. The minimum atomic E-state index is -0.901. The maximum atomic E-state index is 12.5. The van der Waals surface area contributed by atoms with Crippen LogP contribution in [0.5, 0.6) is 5.75 Å². The molecule has 1 aliphatic carbocycles. The van der Waals surface area contributed by atoms with E-state index in [4.69, 9.17) is 13.9 Å². The Morgan fingerprint density at radius 3 is 2.50 bits per heavy atom. The van der Waals surface area contributed by atoms with E-state index in [-0.39, 0.29) is 5.63 Å². The molecule has 28 heavy (non-hydrogen) atoms. The molecule has 2 aromatic carbocycles. The van der Waals surface area contributed by atoms with E-state index in [0.717, 1.165) is 41.3 Å². The molecule has 1 atom stereocenters. The molecule has 0 radical (unpaired) electrons. The van der Waals surface area contributed by atoms with Crippen molar-refractivity contribution in [2.45, 2.75) is 38.7 Å². The van der Waals surface area contributed by atoms with E-state index in [1.54, 1.807) is 0 Å². The number of esters is 1. The summed E-state index contributed by atoms with van der Waals surface area (Å²) in [6.45, 7) is 1.90. The van der Waals surface area contributed by atoms with Crippen molar-refractivity contribution in [3.8, 4) is 5.75 Å². The zero-order chi connectivity index (χ0) is 19.7. The second-order valence-electron chi connectivity index (χ2n) is 7.12. The van der Waals surface area contributed by atoms with Gasteiger partial charge in [0, 0.05) is 11.1 Å². The van der Waals surface area contributed by atoms with Crippen molar-refractivity contribution in [2.24, 2.45) is 0 Å². The van der Waals surface area contributed by atoms with E-state index in [0.29, 0.717) is 23.3 Å². The molecule has 4 rings (SSSR count). The number of benzene rings is 2.